The lowest BCUT2D eigenvalue weighted by molar-refractivity contribution is -0.384. The van der Waals surface area contributed by atoms with Gasteiger partial charge in [-0.05, 0) is 37.6 Å². The number of nitrogens with zero attached hydrogens (tertiary/aromatic N) is 4. The van der Waals surface area contributed by atoms with Crippen LogP contribution in [0.4, 0.5) is 15.9 Å². The van der Waals surface area contributed by atoms with Crippen LogP contribution >= 0.6 is 0 Å². The summed E-state index contributed by atoms with van der Waals surface area (Å²) in [5.74, 6) is -0.844. The van der Waals surface area contributed by atoms with Crippen LogP contribution in [0.1, 0.15) is 35.8 Å². The summed E-state index contributed by atoms with van der Waals surface area (Å²) in [6, 6.07) is 7.83. The van der Waals surface area contributed by atoms with Gasteiger partial charge in [-0.3, -0.25) is 15.0 Å². The fraction of sp³-hybridized carbons (Fsp3) is 0.400. The first-order chi connectivity index (χ1) is 13.9. The Bertz CT molecular complexity index is 900. The zero-order valence-corrected chi connectivity index (χ0v) is 16.4. The van der Waals surface area contributed by atoms with Gasteiger partial charge in [0.2, 0.25) is 5.82 Å². The van der Waals surface area contributed by atoms with Crippen LogP contribution in [0.3, 0.4) is 0 Å². The van der Waals surface area contributed by atoms with Crippen molar-refractivity contribution in [2.24, 2.45) is 0 Å². The molecular weight excluding hydrogens is 379 g/mol. The molecule has 1 aromatic carbocycles. The number of carbonyl (C=O) groups is 1. The van der Waals surface area contributed by atoms with E-state index in [2.05, 4.69) is 9.88 Å². The number of esters is 1. The van der Waals surface area contributed by atoms with E-state index in [0.717, 1.165) is 5.56 Å². The molecule has 0 radical (unpaired) electrons. The molecule has 0 bridgehead atoms. The Balaban J connectivity index is 1.78. The summed E-state index contributed by atoms with van der Waals surface area (Å²) in [6.45, 7) is 6.03. The number of halogens is 1. The molecule has 0 aliphatic carbocycles. The van der Waals surface area contributed by atoms with Crippen LogP contribution in [0.5, 0.6) is 0 Å². The lowest BCUT2D eigenvalue weighted by atomic mass is 10.1. The van der Waals surface area contributed by atoms with Gasteiger partial charge in [0.1, 0.15) is 11.4 Å². The third-order valence-corrected chi connectivity index (χ3v) is 5.08. The number of piperazine rings is 1. The highest BCUT2D eigenvalue weighted by atomic mass is 19.1. The number of pyridine rings is 1. The maximum absolute atomic E-state index is 13.5. The molecule has 1 atom stereocenters. The minimum atomic E-state index is -0.735. The molecule has 0 saturated carbocycles. The number of hydrogen-bond donors (Lipinski definition) is 0. The molecule has 1 fully saturated rings. The Kier molecular flexibility index (Phi) is 6.38. The van der Waals surface area contributed by atoms with Gasteiger partial charge in [0, 0.05) is 38.4 Å². The minimum Gasteiger partial charge on any atom is -0.462 e. The highest BCUT2D eigenvalue weighted by molar-refractivity contribution is 5.96. The highest BCUT2D eigenvalue weighted by Crippen LogP contribution is 2.32. The maximum atomic E-state index is 13.5. The first kappa shape index (κ1) is 20.7. The molecular formula is C20H23FN4O4. The molecule has 3 rings (SSSR count). The summed E-state index contributed by atoms with van der Waals surface area (Å²) in [5.41, 5.74) is 0.446. The van der Waals surface area contributed by atoms with Gasteiger partial charge >= 0.3 is 11.7 Å². The van der Waals surface area contributed by atoms with Gasteiger partial charge in [0.05, 0.1) is 11.5 Å². The van der Waals surface area contributed by atoms with E-state index >= 15 is 0 Å². The molecule has 1 aliphatic heterocycles. The quantitative estimate of drug-likeness (QED) is 0.416. The molecule has 8 nitrogen and oxygen atoms in total. The van der Waals surface area contributed by atoms with Crippen LogP contribution in [-0.2, 0) is 4.74 Å². The molecule has 154 valence electrons. The Labute approximate surface area is 168 Å². The maximum Gasteiger partial charge on any atom is 0.345 e. The lowest BCUT2D eigenvalue weighted by Crippen LogP contribution is -2.47. The summed E-state index contributed by atoms with van der Waals surface area (Å²) in [6.07, 6.45) is 1.39. The second-order valence-electron chi connectivity index (χ2n) is 6.76. The van der Waals surface area contributed by atoms with Gasteiger partial charge in [-0.25, -0.2) is 14.2 Å². The van der Waals surface area contributed by atoms with Crippen molar-refractivity contribution in [3.05, 3.63) is 63.6 Å². The van der Waals surface area contributed by atoms with Crippen LogP contribution in [0.2, 0.25) is 0 Å². The second kappa shape index (κ2) is 8.95. The topological polar surface area (TPSA) is 88.8 Å². The molecule has 1 unspecified atom stereocenters. The number of benzene rings is 1. The number of anilines is 1. The Morgan fingerprint density at radius 3 is 2.66 bits per heavy atom. The summed E-state index contributed by atoms with van der Waals surface area (Å²) < 4.78 is 18.5. The van der Waals surface area contributed by atoms with E-state index in [9.17, 15) is 19.3 Å². The molecule has 1 saturated heterocycles. The van der Waals surface area contributed by atoms with Gasteiger partial charge in [-0.1, -0.05) is 12.1 Å². The number of nitro groups is 1. The van der Waals surface area contributed by atoms with E-state index < -0.39 is 10.9 Å². The fourth-order valence-electron chi connectivity index (χ4n) is 3.53. The molecule has 1 aromatic heterocycles. The molecule has 2 heterocycles. The molecule has 29 heavy (non-hydrogen) atoms. The van der Waals surface area contributed by atoms with Crippen LogP contribution in [0.15, 0.2) is 36.5 Å². The third kappa shape index (κ3) is 4.51. The smallest absolute Gasteiger partial charge is 0.345 e. The van der Waals surface area contributed by atoms with Crippen molar-refractivity contribution < 1.29 is 18.8 Å². The van der Waals surface area contributed by atoms with E-state index in [1.807, 2.05) is 13.0 Å². The highest BCUT2D eigenvalue weighted by Gasteiger charge is 2.32. The molecule has 0 spiro atoms. The molecule has 0 amide bonds. The molecule has 1 aliphatic rings. The van der Waals surface area contributed by atoms with E-state index in [1.165, 1.54) is 24.4 Å². The third-order valence-electron chi connectivity index (χ3n) is 5.08. The van der Waals surface area contributed by atoms with Gasteiger partial charge in [-0.15, -0.1) is 0 Å². The minimum absolute atomic E-state index is 0.0154. The fourth-order valence-corrected chi connectivity index (χ4v) is 3.53. The predicted molar refractivity (Wildman–Crippen MR) is 105 cm³/mol. The largest absolute Gasteiger partial charge is 0.462 e. The van der Waals surface area contributed by atoms with E-state index in [4.69, 9.17) is 4.74 Å². The standard InChI is InChI=1S/C20H23FN4O4/c1-3-29-20(26)17-7-8-22-19(18(17)25(27)28)24-11-9-23(10-12-24)14(2)15-5-4-6-16(21)13-15/h4-8,13-14H,3,9-12H2,1-2H3. The van der Waals surface area contributed by atoms with E-state index in [1.54, 1.807) is 17.9 Å². The monoisotopic (exact) mass is 402 g/mol. The van der Waals surface area contributed by atoms with Crippen LogP contribution < -0.4 is 4.90 Å². The molecule has 2 aromatic rings. The Morgan fingerprint density at radius 2 is 2.03 bits per heavy atom. The van der Waals surface area contributed by atoms with Crippen molar-refractivity contribution in [3.8, 4) is 0 Å². The van der Waals surface area contributed by atoms with E-state index in [-0.39, 0.29) is 35.5 Å². The summed E-state index contributed by atoms with van der Waals surface area (Å²) in [5, 5.41) is 11.7. The zero-order chi connectivity index (χ0) is 21.0. The summed E-state index contributed by atoms with van der Waals surface area (Å²) >= 11 is 0. The van der Waals surface area contributed by atoms with Crippen LogP contribution in [0.25, 0.3) is 0 Å². The summed E-state index contributed by atoms with van der Waals surface area (Å²) in [7, 11) is 0. The Hall–Kier alpha value is -3.07. The van der Waals surface area contributed by atoms with Gasteiger partial charge in [-0.2, -0.15) is 0 Å². The second-order valence-corrected chi connectivity index (χ2v) is 6.76. The molecule has 9 heteroatoms. The van der Waals surface area contributed by atoms with Gasteiger partial charge in [0.15, 0.2) is 0 Å². The normalized spacial score (nSPS) is 15.8. The summed E-state index contributed by atoms with van der Waals surface area (Å²) in [4.78, 5) is 31.4. The average Bonchev–Trinajstić information content (AvgIpc) is 2.73. The van der Waals surface area contributed by atoms with Crippen LogP contribution in [-0.4, -0.2) is 53.6 Å². The molecule has 0 N–H and O–H groups in total. The van der Waals surface area contributed by atoms with Crippen LogP contribution in [0, 0.1) is 15.9 Å². The number of rotatable bonds is 6. The zero-order valence-electron chi connectivity index (χ0n) is 16.4. The van der Waals surface area contributed by atoms with Crippen molar-refractivity contribution in [2.75, 3.05) is 37.7 Å². The van der Waals surface area contributed by atoms with Crippen molar-refractivity contribution in [3.63, 3.8) is 0 Å². The lowest BCUT2D eigenvalue weighted by Gasteiger charge is -2.38. The Morgan fingerprint density at radius 1 is 1.31 bits per heavy atom. The van der Waals surface area contributed by atoms with Gasteiger partial charge < -0.3 is 9.64 Å². The predicted octanol–water partition coefficient (Wildman–Crippen LogP) is 3.19. The SMILES string of the molecule is CCOC(=O)c1ccnc(N2CCN(C(C)c3cccc(F)c3)CC2)c1[N+](=O)[O-]. The van der Waals surface area contributed by atoms with E-state index in [0.29, 0.717) is 26.2 Å². The number of ether oxygens (including phenoxy) is 1. The number of carbonyl (C=O) groups excluding carboxylic acids is 1. The first-order valence-corrected chi connectivity index (χ1v) is 9.47. The number of aromatic nitrogens is 1. The van der Waals surface area contributed by atoms with Crippen molar-refractivity contribution in [2.45, 2.75) is 19.9 Å². The average molecular weight is 402 g/mol. The number of hydrogen-bond acceptors (Lipinski definition) is 7. The van der Waals surface area contributed by atoms with Gasteiger partial charge in [0.25, 0.3) is 0 Å². The first-order valence-electron chi connectivity index (χ1n) is 9.47. The van der Waals surface area contributed by atoms with Crippen molar-refractivity contribution >= 4 is 17.5 Å². The van der Waals surface area contributed by atoms with Crippen molar-refractivity contribution in [1.82, 2.24) is 9.88 Å². The van der Waals surface area contributed by atoms with Crippen molar-refractivity contribution in [1.29, 1.82) is 0 Å².